The van der Waals surface area contributed by atoms with E-state index in [0.29, 0.717) is 30.9 Å². The Bertz CT molecular complexity index is 547. The van der Waals surface area contributed by atoms with Crippen molar-refractivity contribution in [1.29, 1.82) is 0 Å². The van der Waals surface area contributed by atoms with Crippen LogP contribution in [0.4, 0.5) is 5.69 Å². The van der Waals surface area contributed by atoms with Crippen molar-refractivity contribution in [3.8, 4) is 5.75 Å². The van der Waals surface area contributed by atoms with E-state index < -0.39 is 0 Å². The maximum Gasteiger partial charge on any atom is 0.293 e. The molecule has 2 atom stereocenters. The summed E-state index contributed by atoms with van der Waals surface area (Å²) in [6.45, 7) is 6.04. The van der Waals surface area contributed by atoms with Crippen LogP contribution in [0.1, 0.15) is 31.7 Å². The maximum atomic E-state index is 10.8. The van der Waals surface area contributed by atoms with Crippen molar-refractivity contribution in [1.82, 2.24) is 4.90 Å². The van der Waals surface area contributed by atoms with Crippen LogP contribution in [0.2, 0.25) is 0 Å². The fourth-order valence-corrected chi connectivity index (χ4v) is 2.97. The molecule has 6 nitrogen and oxygen atoms in total. The summed E-state index contributed by atoms with van der Waals surface area (Å²) in [4.78, 5) is 23.7. The number of piperidine rings is 1. The average molecular weight is 320 g/mol. The topological polar surface area (TPSA) is 67.9 Å². The van der Waals surface area contributed by atoms with Crippen LogP contribution in [-0.4, -0.2) is 50.1 Å². The molecule has 0 aromatic heterocycles. The Kier molecular flexibility index (Phi) is 5.98. The van der Waals surface area contributed by atoms with E-state index in [1.54, 1.807) is 0 Å². The highest BCUT2D eigenvalue weighted by Crippen LogP contribution is 2.35. The zero-order chi connectivity index (χ0) is 16.8. The third kappa shape index (κ3) is 4.45. The summed E-state index contributed by atoms with van der Waals surface area (Å²) in [5.74, 6) is 0.754. The smallest absolute Gasteiger partial charge is 0.293 e. The molecule has 1 aromatic carbocycles. The van der Waals surface area contributed by atoms with Gasteiger partial charge in [0.25, 0.3) is 6.47 Å². The van der Waals surface area contributed by atoms with Crippen molar-refractivity contribution in [2.45, 2.75) is 38.4 Å². The van der Waals surface area contributed by atoms with Crippen molar-refractivity contribution in [2.75, 3.05) is 25.5 Å². The number of carbonyl (C=O) groups excluding carboxylic acids is 2. The van der Waals surface area contributed by atoms with Crippen molar-refractivity contribution < 1.29 is 19.1 Å². The lowest BCUT2D eigenvalue weighted by atomic mass is 9.87. The Morgan fingerprint density at radius 3 is 2.78 bits per heavy atom. The van der Waals surface area contributed by atoms with E-state index in [9.17, 15) is 9.59 Å². The minimum absolute atomic E-state index is 0.00281. The molecule has 126 valence electrons. The summed E-state index contributed by atoms with van der Waals surface area (Å²) in [7, 11) is 2.02. The van der Waals surface area contributed by atoms with Crippen LogP contribution in [0.25, 0.3) is 0 Å². The predicted octanol–water partition coefficient (Wildman–Crippen LogP) is 2.00. The number of amides is 1. The number of likely N-dealkylation sites (tertiary alicyclic amines) is 1. The van der Waals surface area contributed by atoms with E-state index in [-0.39, 0.29) is 18.1 Å². The van der Waals surface area contributed by atoms with Gasteiger partial charge in [-0.05, 0) is 51.6 Å². The van der Waals surface area contributed by atoms with E-state index in [2.05, 4.69) is 10.2 Å². The number of ether oxygens (including phenoxy) is 2. The highest BCUT2D eigenvalue weighted by atomic mass is 16.5. The summed E-state index contributed by atoms with van der Waals surface area (Å²) >= 11 is 0. The molecule has 0 saturated carbocycles. The Morgan fingerprint density at radius 1 is 1.35 bits per heavy atom. The molecule has 1 amide bonds. The molecule has 1 aliphatic heterocycles. The van der Waals surface area contributed by atoms with Gasteiger partial charge in [0.2, 0.25) is 6.41 Å². The standard InChI is InChI=1S/C17H24N2O4/c1-12(2)23-16-8-13(4-5-15(16)18-10-20)14-6-7-19(3)9-17(14)22-11-21/h4-5,8,10-12,14,17H,6-7,9H2,1-3H3,(H,18,20)/t14-,17-/m0/s1. The van der Waals surface area contributed by atoms with Crippen LogP contribution in [0.3, 0.4) is 0 Å². The zero-order valence-electron chi connectivity index (χ0n) is 13.8. The number of anilines is 1. The first-order valence-electron chi connectivity index (χ1n) is 7.83. The van der Waals surface area contributed by atoms with Gasteiger partial charge in [-0.1, -0.05) is 6.07 Å². The summed E-state index contributed by atoms with van der Waals surface area (Å²) in [6, 6.07) is 5.72. The lowest BCUT2D eigenvalue weighted by molar-refractivity contribution is -0.136. The predicted molar refractivity (Wildman–Crippen MR) is 87.7 cm³/mol. The van der Waals surface area contributed by atoms with E-state index in [1.807, 2.05) is 39.1 Å². The molecule has 0 aliphatic carbocycles. The van der Waals surface area contributed by atoms with Gasteiger partial charge < -0.3 is 19.7 Å². The minimum atomic E-state index is -0.178. The second kappa shape index (κ2) is 7.97. The number of nitrogens with zero attached hydrogens (tertiary/aromatic N) is 1. The molecule has 0 radical (unpaired) electrons. The Morgan fingerprint density at radius 2 is 2.13 bits per heavy atom. The molecule has 23 heavy (non-hydrogen) atoms. The average Bonchev–Trinajstić information content (AvgIpc) is 2.49. The highest BCUT2D eigenvalue weighted by molar-refractivity contribution is 5.75. The molecular weight excluding hydrogens is 296 g/mol. The van der Waals surface area contributed by atoms with Crippen LogP contribution in [0.5, 0.6) is 5.75 Å². The SMILES string of the molecule is CC(C)Oc1cc([C@@H]2CCN(C)C[C@@H]2OC=O)ccc1NC=O. The summed E-state index contributed by atoms with van der Waals surface area (Å²) in [5.41, 5.74) is 1.69. The number of rotatable bonds is 7. The normalized spacial score (nSPS) is 21.7. The van der Waals surface area contributed by atoms with Gasteiger partial charge >= 0.3 is 0 Å². The highest BCUT2D eigenvalue weighted by Gasteiger charge is 2.30. The monoisotopic (exact) mass is 320 g/mol. The van der Waals surface area contributed by atoms with Crippen molar-refractivity contribution in [3.05, 3.63) is 23.8 Å². The van der Waals surface area contributed by atoms with Gasteiger partial charge in [0.15, 0.2) is 0 Å². The molecule has 1 saturated heterocycles. The van der Waals surface area contributed by atoms with E-state index in [4.69, 9.17) is 9.47 Å². The van der Waals surface area contributed by atoms with Gasteiger partial charge in [0.1, 0.15) is 11.9 Å². The summed E-state index contributed by atoms with van der Waals surface area (Å²) in [6.07, 6.45) is 1.35. The molecule has 0 bridgehead atoms. The molecular formula is C17H24N2O4. The van der Waals surface area contributed by atoms with Crippen LogP contribution in [-0.2, 0) is 14.3 Å². The fraction of sp³-hybridized carbons (Fsp3) is 0.529. The number of carbonyl (C=O) groups is 2. The lowest BCUT2D eigenvalue weighted by Gasteiger charge is -2.35. The van der Waals surface area contributed by atoms with Gasteiger partial charge in [-0.25, -0.2) is 0 Å². The largest absolute Gasteiger partial charge is 0.489 e. The molecule has 1 N–H and O–H groups in total. The summed E-state index contributed by atoms with van der Waals surface area (Å²) in [5, 5.41) is 2.65. The third-order valence-corrected chi connectivity index (χ3v) is 4.00. The van der Waals surface area contributed by atoms with E-state index in [0.717, 1.165) is 18.5 Å². The quantitative estimate of drug-likeness (QED) is 0.778. The van der Waals surface area contributed by atoms with Gasteiger partial charge in [0, 0.05) is 12.5 Å². The molecule has 1 aliphatic rings. The fourth-order valence-electron chi connectivity index (χ4n) is 2.97. The van der Waals surface area contributed by atoms with Crippen molar-refractivity contribution in [2.24, 2.45) is 0 Å². The molecule has 0 unspecified atom stereocenters. The van der Waals surface area contributed by atoms with Crippen LogP contribution >= 0.6 is 0 Å². The first-order valence-corrected chi connectivity index (χ1v) is 7.83. The van der Waals surface area contributed by atoms with Crippen LogP contribution in [0, 0.1) is 0 Å². The second-order valence-electron chi connectivity index (χ2n) is 6.11. The Balaban J connectivity index is 2.29. The molecule has 6 heteroatoms. The number of hydrogen-bond donors (Lipinski definition) is 1. The number of nitrogens with one attached hydrogen (secondary N) is 1. The van der Waals surface area contributed by atoms with Crippen LogP contribution in [0.15, 0.2) is 18.2 Å². The molecule has 1 aromatic rings. The number of likely N-dealkylation sites (N-methyl/N-ethyl adjacent to an activating group) is 1. The van der Waals surface area contributed by atoms with Crippen molar-refractivity contribution >= 4 is 18.6 Å². The van der Waals surface area contributed by atoms with Crippen molar-refractivity contribution in [3.63, 3.8) is 0 Å². The molecule has 1 fully saturated rings. The van der Waals surface area contributed by atoms with Gasteiger partial charge in [-0.2, -0.15) is 0 Å². The summed E-state index contributed by atoms with van der Waals surface area (Å²) < 4.78 is 11.1. The Hall–Kier alpha value is -2.08. The molecule has 0 spiro atoms. The Labute approximate surface area is 136 Å². The van der Waals surface area contributed by atoms with Crippen LogP contribution < -0.4 is 10.1 Å². The minimum Gasteiger partial charge on any atom is -0.489 e. The molecule has 1 heterocycles. The number of benzene rings is 1. The molecule has 2 rings (SSSR count). The first-order chi connectivity index (χ1) is 11.0. The number of hydrogen-bond acceptors (Lipinski definition) is 5. The van der Waals surface area contributed by atoms with E-state index >= 15 is 0 Å². The second-order valence-corrected chi connectivity index (χ2v) is 6.11. The first kappa shape index (κ1) is 17.3. The van der Waals surface area contributed by atoms with Gasteiger partial charge in [-0.3, -0.25) is 9.59 Å². The van der Waals surface area contributed by atoms with Gasteiger partial charge in [0.05, 0.1) is 11.8 Å². The zero-order valence-corrected chi connectivity index (χ0v) is 13.8. The van der Waals surface area contributed by atoms with E-state index in [1.165, 1.54) is 0 Å². The van der Waals surface area contributed by atoms with Gasteiger partial charge in [-0.15, -0.1) is 0 Å². The lowest BCUT2D eigenvalue weighted by Crippen LogP contribution is -2.42. The third-order valence-electron chi connectivity index (χ3n) is 4.00. The maximum absolute atomic E-state index is 10.8.